The van der Waals surface area contributed by atoms with E-state index in [1.807, 2.05) is 0 Å². The first-order valence-electron chi connectivity index (χ1n) is 5.85. The Kier molecular flexibility index (Phi) is 4.52. The first-order chi connectivity index (χ1) is 9.55. The van der Waals surface area contributed by atoms with Crippen LogP contribution in [0.1, 0.15) is 0 Å². The van der Waals surface area contributed by atoms with Crippen LogP contribution in [0.15, 0.2) is 48.7 Å². The van der Waals surface area contributed by atoms with Gasteiger partial charge in [0.25, 0.3) is 0 Å². The Hall–Kier alpha value is -2.15. The molecule has 1 N–H and O–H groups in total. The van der Waals surface area contributed by atoms with Crippen LogP contribution >= 0.6 is 0 Å². The van der Waals surface area contributed by atoms with E-state index in [0.29, 0.717) is 5.75 Å². The fourth-order valence-corrected chi connectivity index (χ4v) is 2.28. The zero-order valence-electron chi connectivity index (χ0n) is 10.5. The second-order valence-corrected chi connectivity index (χ2v) is 5.78. The number of ether oxygens (including phenoxy) is 1. The van der Waals surface area contributed by atoms with Crippen LogP contribution in [0, 0.1) is 5.82 Å². The number of nitrogens with one attached hydrogen (secondary N) is 1. The van der Waals surface area contributed by atoms with Crippen molar-refractivity contribution in [2.24, 2.45) is 0 Å². The molecule has 0 saturated carbocycles. The summed E-state index contributed by atoms with van der Waals surface area (Å²) in [5.74, 6) is 0.0801. The largest absolute Gasteiger partial charge is 0.492 e. The number of benzene rings is 1. The van der Waals surface area contributed by atoms with Gasteiger partial charge in [-0.1, -0.05) is 6.07 Å². The number of anilines is 1. The van der Waals surface area contributed by atoms with Crippen LogP contribution in [0.25, 0.3) is 0 Å². The molecule has 0 atom stereocenters. The van der Waals surface area contributed by atoms with E-state index in [0.717, 1.165) is 0 Å². The van der Waals surface area contributed by atoms with Gasteiger partial charge >= 0.3 is 0 Å². The SMILES string of the molecule is O=S(=O)(CCOc1ccc(F)cc1)Nc1ccccn1. The fraction of sp³-hybridized carbons (Fsp3) is 0.154. The molecule has 0 bridgehead atoms. The highest BCUT2D eigenvalue weighted by Crippen LogP contribution is 2.11. The van der Waals surface area contributed by atoms with E-state index in [1.54, 1.807) is 18.2 Å². The van der Waals surface area contributed by atoms with Crippen LogP contribution in [0.5, 0.6) is 5.75 Å². The van der Waals surface area contributed by atoms with Crippen LogP contribution in [0.3, 0.4) is 0 Å². The lowest BCUT2D eigenvalue weighted by molar-refractivity contribution is 0.340. The molecule has 0 amide bonds. The van der Waals surface area contributed by atoms with Gasteiger partial charge < -0.3 is 4.74 Å². The van der Waals surface area contributed by atoms with E-state index in [4.69, 9.17) is 4.74 Å². The molecule has 7 heteroatoms. The predicted octanol–water partition coefficient (Wildman–Crippen LogP) is 2.04. The molecule has 1 heterocycles. The average molecular weight is 296 g/mol. The van der Waals surface area contributed by atoms with E-state index in [-0.39, 0.29) is 24.0 Å². The lowest BCUT2D eigenvalue weighted by atomic mass is 10.3. The van der Waals surface area contributed by atoms with Crippen molar-refractivity contribution in [2.45, 2.75) is 0 Å². The fourth-order valence-electron chi connectivity index (χ4n) is 1.43. The number of hydrogen-bond donors (Lipinski definition) is 1. The Morgan fingerprint density at radius 1 is 1.15 bits per heavy atom. The smallest absolute Gasteiger partial charge is 0.237 e. The van der Waals surface area contributed by atoms with Crippen molar-refractivity contribution in [1.82, 2.24) is 4.98 Å². The maximum absolute atomic E-state index is 12.7. The zero-order chi connectivity index (χ0) is 14.4. The van der Waals surface area contributed by atoms with Crippen LogP contribution in [0.2, 0.25) is 0 Å². The second kappa shape index (κ2) is 6.33. The van der Waals surface area contributed by atoms with Crippen LogP contribution in [-0.4, -0.2) is 25.8 Å². The van der Waals surface area contributed by atoms with Crippen LogP contribution in [-0.2, 0) is 10.0 Å². The number of pyridine rings is 1. The highest BCUT2D eigenvalue weighted by Gasteiger charge is 2.11. The highest BCUT2D eigenvalue weighted by molar-refractivity contribution is 7.92. The normalized spacial score (nSPS) is 11.1. The van der Waals surface area contributed by atoms with Gasteiger partial charge in [-0.2, -0.15) is 0 Å². The van der Waals surface area contributed by atoms with Crippen molar-refractivity contribution in [3.05, 3.63) is 54.5 Å². The topological polar surface area (TPSA) is 68.3 Å². The van der Waals surface area contributed by atoms with Crippen LogP contribution < -0.4 is 9.46 Å². The van der Waals surface area contributed by atoms with E-state index in [9.17, 15) is 12.8 Å². The minimum atomic E-state index is -3.52. The van der Waals surface area contributed by atoms with Gasteiger partial charge in [-0.15, -0.1) is 0 Å². The average Bonchev–Trinajstić information content (AvgIpc) is 2.41. The van der Waals surface area contributed by atoms with Crippen molar-refractivity contribution in [3.8, 4) is 5.75 Å². The van der Waals surface area contributed by atoms with Crippen molar-refractivity contribution in [3.63, 3.8) is 0 Å². The molecule has 0 saturated heterocycles. The molecular formula is C13H13FN2O3S. The third kappa shape index (κ3) is 4.51. The molecule has 0 radical (unpaired) electrons. The Morgan fingerprint density at radius 2 is 1.90 bits per heavy atom. The highest BCUT2D eigenvalue weighted by atomic mass is 32.2. The van der Waals surface area contributed by atoms with Crippen molar-refractivity contribution < 1.29 is 17.5 Å². The number of rotatable bonds is 6. The minimum Gasteiger partial charge on any atom is -0.492 e. The van der Waals surface area contributed by atoms with E-state index >= 15 is 0 Å². The van der Waals surface area contributed by atoms with Gasteiger partial charge in [-0.3, -0.25) is 4.72 Å². The first-order valence-corrected chi connectivity index (χ1v) is 7.50. The second-order valence-electron chi connectivity index (χ2n) is 3.94. The quantitative estimate of drug-likeness (QED) is 0.885. The van der Waals surface area contributed by atoms with Gasteiger partial charge in [0.05, 0.1) is 0 Å². The summed E-state index contributed by atoms with van der Waals surface area (Å²) < 4.78 is 43.7. The molecule has 5 nitrogen and oxygen atoms in total. The van der Waals surface area contributed by atoms with Gasteiger partial charge in [0, 0.05) is 6.20 Å². The molecule has 1 aromatic heterocycles. The summed E-state index contributed by atoms with van der Waals surface area (Å²) in [5, 5.41) is 0. The van der Waals surface area contributed by atoms with Gasteiger partial charge in [0.1, 0.15) is 29.7 Å². The standard InChI is InChI=1S/C13H13FN2O3S/c14-11-4-6-12(7-5-11)19-9-10-20(17,18)16-13-3-1-2-8-15-13/h1-8H,9-10H2,(H,15,16). The van der Waals surface area contributed by atoms with E-state index < -0.39 is 10.0 Å². The Bertz CT molecular complexity index is 645. The van der Waals surface area contributed by atoms with Gasteiger partial charge in [0.2, 0.25) is 10.0 Å². The molecule has 0 aliphatic heterocycles. The van der Waals surface area contributed by atoms with Gasteiger partial charge in [-0.05, 0) is 36.4 Å². The maximum Gasteiger partial charge on any atom is 0.237 e. The molecule has 2 aromatic rings. The summed E-state index contributed by atoms with van der Waals surface area (Å²) in [5.41, 5.74) is 0. The molecule has 0 spiro atoms. The number of nitrogens with zero attached hydrogens (tertiary/aromatic N) is 1. The monoisotopic (exact) mass is 296 g/mol. The lowest BCUT2D eigenvalue weighted by Gasteiger charge is -2.08. The third-order valence-electron chi connectivity index (χ3n) is 2.36. The van der Waals surface area contributed by atoms with E-state index in [2.05, 4.69) is 9.71 Å². The minimum absolute atomic E-state index is 0.0339. The molecule has 106 valence electrons. The van der Waals surface area contributed by atoms with Crippen molar-refractivity contribution in [1.29, 1.82) is 0 Å². The number of aromatic nitrogens is 1. The molecule has 0 aliphatic rings. The molecule has 2 rings (SSSR count). The van der Waals surface area contributed by atoms with Gasteiger partial charge in [0.15, 0.2) is 0 Å². The Labute approximate surface area is 116 Å². The summed E-state index contributed by atoms with van der Waals surface area (Å²) in [4.78, 5) is 3.87. The number of hydrogen-bond acceptors (Lipinski definition) is 4. The third-order valence-corrected chi connectivity index (χ3v) is 3.58. The summed E-state index contributed by atoms with van der Waals surface area (Å²) in [6.07, 6.45) is 1.49. The molecule has 0 fully saturated rings. The molecule has 1 aromatic carbocycles. The Morgan fingerprint density at radius 3 is 2.55 bits per heavy atom. The summed E-state index contributed by atoms with van der Waals surface area (Å²) in [7, 11) is -3.52. The summed E-state index contributed by atoms with van der Waals surface area (Å²) in [6.45, 7) is -0.0339. The van der Waals surface area contributed by atoms with Crippen molar-refractivity contribution in [2.75, 3.05) is 17.1 Å². The van der Waals surface area contributed by atoms with E-state index in [1.165, 1.54) is 30.5 Å². The summed E-state index contributed by atoms with van der Waals surface area (Å²) in [6, 6.07) is 10.3. The Balaban J connectivity index is 1.85. The van der Waals surface area contributed by atoms with Gasteiger partial charge in [-0.25, -0.2) is 17.8 Å². The molecule has 20 heavy (non-hydrogen) atoms. The maximum atomic E-state index is 12.7. The zero-order valence-corrected chi connectivity index (χ0v) is 11.3. The molecular weight excluding hydrogens is 283 g/mol. The number of halogens is 1. The van der Waals surface area contributed by atoms with Crippen LogP contribution in [0.4, 0.5) is 10.2 Å². The van der Waals surface area contributed by atoms with Crippen molar-refractivity contribution >= 4 is 15.8 Å². The summed E-state index contributed by atoms with van der Waals surface area (Å²) >= 11 is 0. The number of sulfonamides is 1. The molecule has 0 unspecified atom stereocenters. The molecule has 0 aliphatic carbocycles. The predicted molar refractivity (Wildman–Crippen MR) is 73.5 cm³/mol. The first kappa shape index (κ1) is 14.3. The lowest BCUT2D eigenvalue weighted by Crippen LogP contribution is -2.21.